The van der Waals surface area contributed by atoms with Gasteiger partial charge in [-0.2, -0.15) is 0 Å². The Morgan fingerprint density at radius 1 is 1.17 bits per heavy atom. The monoisotopic (exact) mass is 248 g/mol. The van der Waals surface area contributed by atoms with Crippen molar-refractivity contribution in [2.24, 2.45) is 35.0 Å². The van der Waals surface area contributed by atoms with E-state index in [2.05, 4.69) is 47.6 Å². The van der Waals surface area contributed by atoms with Gasteiger partial charge in [-0.25, -0.2) is 0 Å². The molecular formula is C18H32. The standard InChI is InChI=1S/C18H32/c1-12(2)15-9-10-18(6,13(3)4)17-8-7-14(5)11-16(15)17/h11-13,15-17H,7-10H2,1-6H3/t15-,16-,17+,18-/m0/s1. The Balaban J connectivity index is 2.32. The zero-order valence-corrected chi connectivity index (χ0v) is 13.3. The van der Waals surface area contributed by atoms with Gasteiger partial charge in [-0.05, 0) is 67.6 Å². The molecule has 1 saturated carbocycles. The number of fused-ring (bicyclic) bond motifs is 1. The highest BCUT2D eigenvalue weighted by Crippen LogP contribution is 2.56. The van der Waals surface area contributed by atoms with Gasteiger partial charge in [0.1, 0.15) is 0 Å². The lowest BCUT2D eigenvalue weighted by molar-refractivity contribution is -0.0220. The van der Waals surface area contributed by atoms with E-state index in [-0.39, 0.29) is 0 Å². The second-order valence-corrected chi connectivity index (χ2v) is 7.84. The molecule has 0 nitrogen and oxygen atoms in total. The first-order valence-electron chi connectivity index (χ1n) is 8.03. The van der Waals surface area contributed by atoms with E-state index in [1.165, 1.54) is 25.7 Å². The van der Waals surface area contributed by atoms with Crippen LogP contribution in [0.1, 0.15) is 67.2 Å². The topological polar surface area (TPSA) is 0 Å². The third-order valence-electron chi connectivity index (χ3n) is 6.32. The highest BCUT2D eigenvalue weighted by atomic mass is 14.5. The average molecular weight is 248 g/mol. The van der Waals surface area contributed by atoms with E-state index in [1.807, 2.05) is 0 Å². The van der Waals surface area contributed by atoms with Gasteiger partial charge >= 0.3 is 0 Å². The van der Waals surface area contributed by atoms with Crippen LogP contribution in [0.15, 0.2) is 11.6 Å². The average Bonchev–Trinajstić information content (AvgIpc) is 2.28. The van der Waals surface area contributed by atoms with Crippen LogP contribution in [0, 0.1) is 35.0 Å². The van der Waals surface area contributed by atoms with Crippen molar-refractivity contribution in [3.05, 3.63) is 11.6 Å². The van der Waals surface area contributed by atoms with Crippen LogP contribution >= 0.6 is 0 Å². The molecule has 0 heterocycles. The number of allylic oxidation sites excluding steroid dienone is 2. The van der Waals surface area contributed by atoms with Gasteiger partial charge in [0, 0.05) is 0 Å². The number of rotatable bonds is 2. The molecule has 0 N–H and O–H groups in total. The number of hydrogen-bond donors (Lipinski definition) is 0. The Morgan fingerprint density at radius 3 is 2.39 bits per heavy atom. The van der Waals surface area contributed by atoms with Gasteiger partial charge in [-0.1, -0.05) is 46.3 Å². The van der Waals surface area contributed by atoms with Crippen LogP contribution < -0.4 is 0 Å². The lowest BCUT2D eigenvalue weighted by atomic mass is 9.51. The Morgan fingerprint density at radius 2 is 1.83 bits per heavy atom. The Kier molecular flexibility index (Phi) is 3.95. The zero-order chi connectivity index (χ0) is 13.5. The van der Waals surface area contributed by atoms with Crippen LogP contribution in [0.4, 0.5) is 0 Å². The smallest absolute Gasteiger partial charge is 0.0166 e. The molecule has 0 aromatic rings. The first-order chi connectivity index (χ1) is 8.36. The highest BCUT2D eigenvalue weighted by Gasteiger charge is 2.48. The fourth-order valence-corrected chi connectivity index (χ4v) is 4.65. The molecule has 0 radical (unpaired) electrons. The molecule has 2 aliphatic rings. The molecule has 0 bridgehead atoms. The Labute approximate surface area is 114 Å². The predicted molar refractivity (Wildman–Crippen MR) is 80.5 cm³/mol. The first-order valence-corrected chi connectivity index (χ1v) is 8.03. The van der Waals surface area contributed by atoms with E-state index < -0.39 is 0 Å². The van der Waals surface area contributed by atoms with Crippen LogP contribution in [0.2, 0.25) is 0 Å². The van der Waals surface area contributed by atoms with Crippen molar-refractivity contribution in [3.8, 4) is 0 Å². The van der Waals surface area contributed by atoms with E-state index in [0.717, 1.165) is 29.6 Å². The van der Waals surface area contributed by atoms with Gasteiger partial charge in [0.2, 0.25) is 0 Å². The fraction of sp³-hybridized carbons (Fsp3) is 0.889. The maximum atomic E-state index is 2.65. The van der Waals surface area contributed by atoms with Gasteiger partial charge in [-0.15, -0.1) is 0 Å². The first kappa shape index (κ1) is 14.2. The molecular weight excluding hydrogens is 216 g/mol. The SMILES string of the molecule is CC1=C[C@@H]2[C@@H](CC1)[C@](C)(C(C)C)CC[C@H]2C(C)C. The van der Waals surface area contributed by atoms with E-state index in [9.17, 15) is 0 Å². The largest absolute Gasteiger partial charge is 0.0819 e. The molecule has 104 valence electrons. The molecule has 0 heteroatoms. The van der Waals surface area contributed by atoms with Gasteiger partial charge in [0.25, 0.3) is 0 Å². The second-order valence-electron chi connectivity index (χ2n) is 7.84. The lowest BCUT2D eigenvalue weighted by Gasteiger charge is -2.54. The maximum absolute atomic E-state index is 2.65. The summed E-state index contributed by atoms with van der Waals surface area (Å²) in [5.41, 5.74) is 2.22. The summed E-state index contributed by atoms with van der Waals surface area (Å²) in [6.45, 7) is 14.7. The molecule has 0 saturated heterocycles. The van der Waals surface area contributed by atoms with E-state index in [0.29, 0.717) is 5.41 Å². The zero-order valence-electron chi connectivity index (χ0n) is 13.3. The summed E-state index contributed by atoms with van der Waals surface area (Å²) in [7, 11) is 0. The van der Waals surface area contributed by atoms with Crippen LogP contribution in [0.3, 0.4) is 0 Å². The summed E-state index contributed by atoms with van der Waals surface area (Å²) < 4.78 is 0. The van der Waals surface area contributed by atoms with Gasteiger partial charge in [0.05, 0.1) is 0 Å². The highest BCUT2D eigenvalue weighted by molar-refractivity contribution is 5.13. The minimum Gasteiger partial charge on any atom is -0.0819 e. The van der Waals surface area contributed by atoms with Crippen molar-refractivity contribution in [1.82, 2.24) is 0 Å². The van der Waals surface area contributed by atoms with E-state index >= 15 is 0 Å². The maximum Gasteiger partial charge on any atom is -0.0166 e. The van der Waals surface area contributed by atoms with Gasteiger partial charge < -0.3 is 0 Å². The summed E-state index contributed by atoms with van der Waals surface area (Å²) in [6, 6.07) is 0. The lowest BCUT2D eigenvalue weighted by Crippen LogP contribution is -2.46. The molecule has 0 aromatic heterocycles. The third-order valence-corrected chi connectivity index (χ3v) is 6.32. The van der Waals surface area contributed by atoms with Crippen molar-refractivity contribution in [2.45, 2.75) is 67.2 Å². The van der Waals surface area contributed by atoms with Gasteiger partial charge in [-0.3, -0.25) is 0 Å². The number of hydrogen-bond acceptors (Lipinski definition) is 0. The quantitative estimate of drug-likeness (QED) is 0.551. The van der Waals surface area contributed by atoms with Crippen LogP contribution in [-0.2, 0) is 0 Å². The van der Waals surface area contributed by atoms with Gasteiger partial charge in [0.15, 0.2) is 0 Å². The molecule has 18 heavy (non-hydrogen) atoms. The molecule has 0 spiro atoms. The molecule has 0 aliphatic heterocycles. The van der Waals surface area contributed by atoms with Crippen molar-refractivity contribution < 1.29 is 0 Å². The van der Waals surface area contributed by atoms with Crippen LogP contribution in [0.5, 0.6) is 0 Å². The second kappa shape index (κ2) is 5.02. The summed E-state index contributed by atoms with van der Waals surface area (Å²) in [5, 5.41) is 0. The summed E-state index contributed by atoms with van der Waals surface area (Å²) in [5.74, 6) is 4.39. The molecule has 2 rings (SSSR count). The minimum atomic E-state index is 0.577. The molecule has 0 amide bonds. The third kappa shape index (κ3) is 2.28. The molecule has 1 fully saturated rings. The Bertz CT molecular complexity index is 323. The summed E-state index contributed by atoms with van der Waals surface area (Å²) >= 11 is 0. The molecule has 0 unspecified atom stereocenters. The molecule has 4 atom stereocenters. The molecule has 2 aliphatic carbocycles. The summed E-state index contributed by atoms with van der Waals surface area (Å²) in [4.78, 5) is 0. The minimum absolute atomic E-state index is 0.577. The van der Waals surface area contributed by atoms with Crippen molar-refractivity contribution in [3.63, 3.8) is 0 Å². The van der Waals surface area contributed by atoms with Crippen molar-refractivity contribution >= 4 is 0 Å². The van der Waals surface area contributed by atoms with Crippen LogP contribution in [-0.4, -0.2) is 0 Å². The van der Waals surface area contributed by atoms with E-state index in [4.69, 9.17) is 0 Å². The predicted octanol–water partition coefficient (Wildman–Crippen LogP) is 5.69. The summed E-state index contributed by atoms with van der Waals surface area (Å²) in [6.07, 6.45) is 8.32. The van der Waals surface area contributed by atoms with Crippen LogP contribution in [0.25, 0.3) is 0 Å². The van der Waals surface area contributed by atoms with E-state index in [1.54, 1.807) is 5.57 Å². The fourth-order valence-electron chi connectivity index (χ4n) is 4.65. The normalized spacial score (nSPS) is 40.9. The van der Waals surface area contributed by atoms with Crippen molar-refractivity contribution in [2.75, 3.05) is 0 Å². The molecule has 0 aromatic carbocycles. The van der Waals surface area contributed by atoms with Crippen molar-refractivity contribution in [1.29, 1.82) is 0 Å². The Hall–Kier alpha value is -0.260.